The van der Waals surface area contributed by atoms with E-state index in [1.807, 2.05) is 25.1 Å². The molecule has 2 heterocycles. The number of aromatic nitrogens is 3. The van der Waals surface area contributed by atoms with E-state index in [9.17, 15) is 4.79 Å². The summed E-state index contributed by atoms with van der Waals surface area (Å²) in [6.07, 6.45) is 3.66. The van der Waals surface area contributed by atoms with Gasteiger partial charge in [-0.2, -0.15) is 10.1 Å². The van der Waals surface area contributed by atoms with E-state index in [0.717, 1.165) is 19.5 Å². The van der Waals surface area contributed by atoms with Crippen LogP contribution < -0.4 is 10.6 Å². The highest BCUT2D eigenvalue weighted by Gasteiger charge is 2.16. The van der Waals surface area contributed by atoms with Crippen LogP contribution in [0.3, 0.4) is 0 Å². The van der Waals surface area contributed by atoms with Crippen LogP contribution in [0.4, 0.5) is 5.95 Å². The molecule has 6 heteroatoms. The Morgan fingerprint density at radius 3 is 3.18 bits per heavy atom. The van der Waals surface area contributed by atoms with E-state index in [1.54, 1.807) is 4.68 Å². The Morgan fingerprint density at radius 1 is 1.50 bits per heavy atom. The van der Waals surface area contributed by atoms with Crippen molar-refractivity contribution in [2.24, 2.45) is 5.92 Å². The van der Waals surface area contributed by atoms with Crippen molar-refractivity contribution in [2.75, 3.05) is 18.4 Å². The second-order valence-corrected chi connectivity index (χ2v) is 5.62. The fourth-order valence-corrected chi connectivity index (χ4v) is 2.83. The number of nitrogens with zero attached hydrogens (tertiary/aromatic N) is 3. The lowest BCUT2D eigenvalue weighted by molar-refractivity contribution is 0.102. The molecule has 0 spiro atoms. The van der Waals surface area contributed by atoms with E-state index in [4.69, 9.17) is 0 Å². The average molecular weight is 299 g/mol. The van der Waals surface area contributed by atoms with E-state index in [2.05, 4.69) is 26.8 Å². The zero-order valence-electron chi connectivity index (χ0n) is 12.7. The Morgan fingerprint density at radius 2 is 2.41 bits per heavy atom. The minimum absolute atomic E-state index is 0.144. The number of carbonyl (C=O) groups is 1. The van der Waals surface area contributed by atoms with Crippen LogP contribution in [0.15, 0.2) is 30.6 Å². The van der Waals surface area contributed by atoms with Gasteiger partial charge in [-0.05, 0) is 56.5 Å². The number of amides is 1. The van der Waals surface area contributed by atoms with Gasteiger partial charge < -0.3 is 5.32 Å². The van der Waals surface area contributed by atoms with Gasteiger partial charge in [-0.15, -0.1) is 0 Å². The Kier molecular flexibility index (Phi) is 4.48. The summed E-state index contributed by atoms with van der Waals surface area (Å²) < 4.78 is 1.66. The summed E-state index contributed by atoms with van der Waals surface area (Å²) in [5.41, 5.74) is 1.87. The molecular weight excluding hydrogens is 278 g/mol. The van der Waals surface area contributed by atoms with Crippen LogP contribution in [-0.2, 0) is 13.0 Å². The van der Waals surface area contributed by atoms with Gasteiger partial charge in [0, 0.05) is 12.1 Å². The number of benzene rings is 1. The molecule has 0 saturated carbocycles. The maximum Gasteiger partial charge on any atom is 0.258 e. The summed E-state index contributed by atoms with van der Waals surface area (Å²) in [7, 11) is 0. The number of carbonyl (C=O) groups excluding carboxylic acids is 1. The lowest BCUT2D eigenvalue weighted by Crippen LogP contribution is -2.17. The highest BCUT2D eigenvalue weighted by molar-refractivity contribution is 6.03. The van der Waals surface area contributed by atoms with Gasteiger partial charge in [0.05, 0.1) is 0 Å². The molecular formula is C16H21N5O. The van der Waals surface area contributed by atoms with Crippen molar-refractivity contribution in [1.82, 2.24) is 20.1 Å². The van der Waals surface area contributed by atoms with Gasteiger partial charge in [-0.25, -0.2) is 4.68 Å². The van der Waals surface area contributed by atoms with Crippen molar-refractivity contribution >= 4 is 11.9 Å². The van der Waals surface area contributed by atoms with Crippen LogP contribution in [0, 0.1) is 5.92 Å². The van der Waals surface area contributed by atoms with Crippen molar-refractivity contribution in [2.45, 2.75) is 26.3 Å². The molecule has 1 saturated heterocycles. The first kappa shape index (κ1) is 14.7. The summed E-state index contributed by atoms with van der Waals surface area (Å²) in [5.74, 6) is 1.01. The first-order chi connectivity index (χ1) is 10.8. The lowest BCUT2D eigenvalue weighted by atomic mass is 9.97. The highest BCUT2D eigenvalue weighted by atomic mass is 16.1. The van der Waals surface area contributed by atoms with E-state index in [0.29, 0.717) is 24.0 Å². The van der Waals surface area contributed by atoms with Gasteiger partial charge in [-0.1, -0.05) is 12.1 Å². The number of aryl methyl sites for hydroxylation is 1. The minimum Gasteiger partial charge on any atom is -0.316 e. The van der Waals surface area contributed by atoms with E-state index in [1.165, 1.54) is 18.3 Å². The molecule has 2 aromatic rings. The average Bonchev–Trinajstić information content (AvgIpc) is 3.19. The molecule has 1 unspecified atom stereocenters. The number of anilines is 1. The molecule has 22 heavy (non-hydrogen) atoms. The third-order valence-electron chi connectivity index (χ3n) is 4.02. The molecule has 116 valence electrons. The Labute approximate surface area is 129 Å². The minimum atomic E-state index is -0.144. The summed E-state index contributed by atoms with van der Waals surface area (Å²) in [6, 6.07) is 7.83. The van der Waals surface area contributed by atoms with Gasteiger partial charge in [0.1, 0.15) is 6.33 Å². The lowest BCUT2D eigenvalue weighted by Gasteiger charge is -2.10. The van der Waals surface area contributed by atoms with Gasteiger partial charge >= 0.3 is 0 Å². The molecule has 1 fully saturated rings. The quantitative estimate of drug-likeness (QED) is 0.881. The maximum atomic E-state index is 12.4. The standard InChI is InChI=1S/C16H21N5O/c1-2-21-16(18-11-19-21)20-15(22)14-5-3-4-12(9-14)8-13-6-7-17-10-13/h3-5,9,11,13,17H,2,6-8,10H2,1H3,(H,18,19,20,22). The fraction of sp³-hybridized carbons (Fsp3) is 0.438. The van der Waals surface area contributed by atoms with Crippen molar-refractivity contribution in [3.8, 4) is 0 Å². The molecule has 1 aromatic carbocycles. The number of rotatable bonds is 5. The molecule has 0 aliphatic carbocycles. The summed E-state index contributed by atoms with van der Waals surface area (Å²) >= 11 is 0. The van der Waals surface area contributed by atoms with Crippen LogP contribution in [0.5, 0.6) is 0 Å². The predicted octanol–water partition coefficient (Wildman–Crippen LogP) is 1.70. The Bertz CT molecular complexity index is 645. The molecule has 1 amide bonds. The highest BCUT2D eigenvalue weighted by Crippen LogP contribution is 2.16. The topological polar surface area (TPSA) is 71.8 Å². The smallest absolute Gasteiger partial charge is 0.258 e. The molecule has 0 radical (unpaired) electrons. The molecule has 0 bridgehead atoms. The van der Waals surface area contributed by atoms with Crippen LogP contribution in [0.2, 0.25) is 0 Å². The summed E-state index contributed by atoms with van der Waals surface area (Å²) in [4.78, 5) is 16.4. The first-order valence-electron chi connectivity index (χ1n) is 7.75. The zero-order valence-corrected chi connectivity index (χ0v) is 12.7. The normalized spacial score (nSPS) is 17.6. The third-order valence-corrected chi connectivity index (χ3v) is 4.02. The second kappa shape index (κ2) is 6.70. The van der Waals surface area contributed by atoms with Crippen molar-refractivity contribution in [1.29, 1.82) is 0 Å². The number of nitrogens with one attached hydrogen (secondary N) is 2. The van der Waals surface area contributed by atoms with Crippen molar-refractivity contribution in [3.05, 3.63) is 41.7 Å². The number of hydrogen-bond acceptors (Lipinski definition) is 4. The second-order valence-electron chi connectivity index (χ2n) is 5.62. The largest absolute Gasteiger partial charge is 0.316 e. The molecule has 2 N–H and O–H groups in total. The maximum absolute atomic E-state index is 12.4. The van der Waals surface area contributed by atoms with Crippen LogP contribution in [0.25, 0.3) is 0 Å². The van der Waals surface area contributed by atoms with Crippen molar-refractivity contribution < 1.29 is 4.79 Å². The van der Waals surface area contributed by atoms with Crippen molar-refractivity contribution in [3.63, 3.8) is 0 Å². The first-order valence-corrected chi connectivity index (χ1v) is 7.75. The number of hydrogen-bond donors (Lipinski definition) is 2. The van der Waals surface area contributed by atoms with Gasteiger partial charge in [0.15, 0.2) is 0 Å². The molecule has 3 rings (SSSR count). The molecule has 1 aliphatic rings. The van der Waals surface area contributed by atoms with E-state index >= 15 is 0 Å². The Balaban J connectivity index is 1.69. The van der Waals surface area contributed by atoms with Crippen LogP contribution >= 0.6 is 0 Å². The summed E-state index contributed by atoms with van der Waals surface area (Å²) in [6.45, 7) is 4.79. The molecule has 1 atom stereocenters. The van der Waals surface area contributed by atoms with Crippen LogP contribution in [-0.4, -0.2) is 33.8 Å². The van der Waals surface area contributed by atoms with E-state index in [-0.39, 0.29) is 5.91 Å². The van der Waals surface area contributed by atoms with Gasteiger partial charge in [0.2, 0.25) is 5.95 Å². The summed E-state index contributed by atoms with van der Waals surface area (Å²) in [5, 5.41) is 10.2. The SMILES string of the molecule is CCn1ncnc1NC(=O)c1cccc(CC2CCNC2)c1. The predicted molar refractivity (Wildman–Crippen MR) is 84.8 cm³/mol. The van der Waals surface area contributed by atoms with Gasteiger partial charge in [-0.3, -0.25) is 10.1 Å². The molecule has 6 nitrogen and oxygen atoms in total. The Hall–Kier alpha value is -2.21. The monoisotopic (exact) mass is 299 g/mol. The van der Waals surface area contributed by atoms with Gasteiger partial charge in [0.25, 0.3) is 5.91 Å². The molecule has 1 aromatic heterocycles. The zero-order chi connectivity index (χ0) is 15.4. The third kappa shape index (κ3) is 3.33. The molecule has 1 aliphatic heterocycles. The van der Waals surface area contributed by atoms with Crippen LogP contribution in [0.1, 0.15) is 29.3 Å². The fourth-order valence-electron chi connectivity index (χ4n) is 2.83. The van der Waals surface area contributed by atoms with E-state index < -0.39 is 0 Å².